The van der Waals surface area contributed by atoms with E-state index >= 15 is 0 Å². The SMILES string of the molecule is CCCC/C=C\CCCCCCCC(=O)OCC(COCCCCCCCC/C=C\CCCCCC)OC(=O)CCCCCCCCCCCCC. The van der Waals surface area contributed by atoms with Gasteiger partial charge < -0.3 is 14.2 Å². The number of rotatable bonds is 42. The topological polar surface area (TPSA) is 61.8 Å². The molecule has 0 aromatic heterocycles. The summed E-state index contributed by atoms with van der Waals surface area (Å²) in [5.74, 6) is -0.403. The molecule has 0 aliphatic carbocycles. The highest BCUT2D eigenvalue weighted by Gasteiger charge is 2.17. The van der Waals surface area contributed by atoms with Crippen LogP contribution in [0, 0.1) is 0 Å². The number of hydrogen-bond donors (Lipinski definition) is 0. The number of unbranched alkanes of at least 4 members (excludes halogenated alkanes) is 27. The molecule has 0 amide bonds. The average molecular weight is 733 g/mol. The molecule has 0 fully saturated rings. The third-order valence-electron chi connectivity index (χ3n) is 9.96. The first-order valence-corrected chi connectivity index (χ1v) is 22.9. The van der Waals surface area contributed by atoms with Gasteiger partial charge in [-0.3, -0.25) is 9.59 Å². The van der Waals surface area contributed by atoms with Crippen molar-refractivity contribution >= 4 is 11.9 Å². The van der Waals surface area contributed by atoms with E-state index in [0.717, 1.165) is 51.4 Å². The van der Waals surface area contributed by atoms with Gasteiger partial charge in [0, 0.05) is 19.4 Å². The van der Waals surface area contributed by atoms with E-state index in [1.165, 1.54) is 154 Å². The smallest absolute Gasteiger partial charge is 0.306 e. The maximum Gasteiger partial charge on any atom is 0.306 e. The molecule has 0 aromatic rings. The van der Waals surface area contributed by atoms with Crippen LogP contribution >= 0.6 is 0 Å². The molecular weight excluding hydrogens is 645 g/mol. The first kappa shape index (κ1) is 50.4. The minimum absolute atomic E-state index is 0.0837. The van der Waals surface area contributed by atoms with Crippen LogP contribution in [0.5, 0.6) is 0 Å². The molecule has 0 aliphatic rings. The van der Waals surface area contributed by atoms with Gasteiger partial charge in [-0.2, -0.15) is 0 Å². The molecule has 5 nitrogen and oxygen atoms in total. The lowest BCUT2D eigenvalue weighted by atomic mass is 10.1. The zero-order valence-corrected chi connectivity index (χ0v) is 35.1. The van der Waals surface area contributed by atoms with Crippen molar-refractivity contribution in [3.05, 3.63) is 24.3 Å². The Morgan fingerprint density at radius 3 is 1.25 bits per heavy atom. The van der Waals surface area contributed by atoms with Crippen molar-refractivity contribution in [2.24, 2.45) is 0 Å². The van der Waals surface area contributed by atoms with Crippen LogP contribution in [0.1, 0.15) is 239 Å². The number of carbonyl (C=O) groups is 2. The van der Waals surface area contributed by atoms with Crippen molar-refractivity contribution in [2.45, 2.75) is 245 Å². The van der Waals surface area contributed by atoms with E-state index in [4.69, 9.17) is 14.2 Å². The fourth-order valence-electron chi connectivity index (χ4n) is 6.48. The molecule has 0 N–H and O–H groups in total. The van der Waals surface area contributed by atoms with Crippen molar-refractivity contribution < 1.29 is 23.8 Å². The van der Waals surface area contributed by atoms with Gasteiger partial charge in [-0.05, 0) is 64.2 Å². The summed E-state index contributed by atoms with van der Waals surface area (Å²) in [6.07, 6.45) is 48.8. The van der Waals surface area contributed by atoms with Crippen molar-refractivity contribution in [3.8, 4) is 0 Å². The maximum absolute atomic E-state index is 12.7. The Labute approximate surface area is 324 Å². The Balaban J connectivity index is 4.24. The van der Waals surface area contributed by atoms with Crippen LogP contribution in [0.3, 0.4) is 0 Å². The summed E-state index contributed by atoms with van der Waals surface area (Å²) < 4.78 is 17.3. The predicted molar refractivity (Wildman–Crippen MR) is 224 cm³/mol. The van der Waals surface area contributed by atoms with Crippen LogP contribution in [0.15, 0.2) is 24.3 Å². The molecule has 0 radical (unpaired) electrons. The minimum Gasteiger partial charge on any atom is -0.462 e. The lowest BCUT2D eigenvalue weighted by molar-refractivity contribution is -0.163. The molecule has 1 atom stereocenters. The highest BCUT2D eigenvalue weighted by molar-refractivity contribution is 5.70. The third kappa shape index (κ3) is 41.1. The molecule has 5 heteroatoms. The van der Waals surface area contributed by atoms with Crippen molar-refractivity contribution in [3.63, 3.8) is 0 Å². The van der Waals surface area contributed by atoms with Gasteiger partial charge in [0.2, 0.25) is 0 Å². The molecular formula is C47H88O5. The molecule has 0 saturated heterocycles. The molecule has 0 saturated carbocycles. The van der Waals surface area contributed by atoms with Gasteiger partial charge in [-0.15, -0.1) is 0 Å². The highest BCUT2D eigenvalue weighted by atomic mass is 16.6. The molecule has 0 spiro atoms. The first-order chi connectivity index (χ1) is 25.6. The van der Waals surface area contributed by atoms with Crippen LogP contribution in [0.4, 0.5) is 0 Å². The number of carbonyl (C=O) groups excluding carboxylic acids is 2. The molecule has 0 heterocycles. The van der Waals surface area contributed by atoms with Crippen LogP contribution in [0.25, 0.3) is 0 Å². The quantitative estimate of drug-likeness (QED) is 0.0355. The van der Waals surface area contributed by atoms with Crippen LogP contribution in [0.2, 0.25) is 0 Å². The first-order valence-electron chi connectivity index (χ1n) is 22.9. The standard InChI is InChI=1S/C47H88O5/c1-4-7-10-13-16-19-22-23-24-27-30-33-36-39-42-50-43-45(52-47(49)41-38-35-32-29-26-21-18-15-12-9-6-3)44-51-46(48)40-37-34-31-28-25-20-17-14-11-8-5-2/h14,17,19,22,45H,4-13,15-16,18,20-21,23-44H2,1-3H3/b17-14-,22-19-. The summed E-state index contributed by atoms with van der Waals surface area (Å²) >= 11 is 0. The van der Waals surface area contributed by atoms with Crippen LogP contribution in [-0.4, -0.2) is 37.9 Å². The number of allylic oxidation sites excluding steroid dienone is 4. The Morgan fingerprint density at radius 2 is 0.769 bits per heavy atom. The largest absolute Gasteiger partial charge is 0.462 e. The summed E-state index contributed by atoms with van der Waals surface area (Å²) in [6.45, 7) is 7.77. The Bertz CT molecular complexity index is 791. The van der Waals surface area contributed by atoms with E-state index in [2.05, 4.69) is 45.1 Å². The average Bonchev–Trinajstić information content (AvgIpc) is 3.14. The molecule has 306 valence electrons. The van der Waals surface area contributed by atoms with Gasteiger partial charge in [0.1, 0.15) is 6.61 Å². The van der Waals surface area contributed by atoms with Crippen molar-refractivity contribution in [1.29, 1.82) is 0 Å². The van der Waals surface area contributed by atoms with Crippen molar-refractivity contribution in [1.82, 2.24) is 0 Å². The minimum atomic E-state index is -0.533. The van der Waals surface area contributed by atoms with Gasteiger partial charge in [0.15, 0.2) is 6.10 Å². The zero-order chi connectivity index (χ0) is 37.8. The number of hydrogen-bond acceptors (Lipinski definition) is 5. The summed E-state index contributed by atoms with van der Waals surface area (Å²) in [5.41, 5.74) is 0. The summed E-state index contributed by atoms with van der Waals surface area (Å²) in [7, 11) is 0. The second-order valence-electron chi connectivity index (χ2n) is 15.3. The van der Waals surface area contributed by atoms with E-state index in [0.29, 0.717) is 19.4 Å². The van der Waals surface area contributed by atoms with Crippen LogP contribution < -0.4 is 0 Å². The number of ether oxygens (including phenoxy) is 3. The summed E-state index contributed by atoms with van der Waals surface area (Å²) in [4.78, 5) is 25.2. The molecule has 52 heavy (non-hydrogen) atoms. The van der Waals surface area contributed by atoms with Crippen LogP contribution in [-0.2, 0) is 23.8 Å². The lowest BCUT2D eigenvalue weighted by Crippen LogP contribution is -2.30. The molecule has 0 bridgehead atoms. The fourth-order valence-corrected chi connectivity index (χ4v) is 6.48. The monoisotopic (exact) mass is 733 g/mol. The van der Waals surface area contributed by atoms with E-state index in [-0.39, 0.29) is 25.2 Å². The fraction of sp³-hybridized carbons (Fsp3) is 0.872. The Kier molecular flexibility index (Phi) is 42.4. The summed E-state index contributed by atoms with van der Waals surface area (Å²) in [6, 6.07) is 0. The predicted octanol–water partition coefficient (Wildman–Crippen LogP) is 14.9. The highest BCUT2D eigenvalue weighted by Crippen LogP contribution is 2.14. The molecule has 0 aromatic carbocycles. The zero-order valence-electron chi connectivity index (χ0n) is 35.1. The Hall–Kier alpha value is -1.62. The van der Waals surface area contributed by atoms with E-state index < -0.39 is 6.10 Å². The summed E-state index contributed by atoms with van der Waals surface area (Å²) in [5, 5.41) is 0. The van der Waals surface area contributed by atoms with E-state index in [1.54, 1.807) is 0 Å². The van der Waals surface area contributed by atoms with Gasteiger partial charge >= 0.3 is 11.9 Å². The van der Waals surface area contributed by atoms with Gasteiger partial charge in [0.05, 0.1) is 6.61 Å². The Morgan fingerprint density at radius 1 is 0.404 bits per heavy atom. The molecule has 0 rings (SSSR count). The molecule has 1 unspecified atom stereocenters. The van der Waals surface area contributed by atoms with Gasteiger partial charge in [0.25, 0.3) is 0 Å². The third-order valence-corrected chi connectivity index (χ3v) is 9.96. The van der Waals surface area contributed by atoms with Crippen molar-refractivity contribution in [2.75, 3.05) is 19.8 Å². The second-order valence-corrected chi connectivity index (χ2v) is 15.3. The normalized spacial score (nSPS) is 12.3. The van der Waals surface area contributed by atoms with E-state index in [1.807, 2.05) is 0 Å². The van der Waals surface area contributed by atoms with Gasteiger partial charge in [-0.25, -0.2) is 0 Å². The number of esters is 2. The second kappa shape index (κ2) is 43.8. The molecule has 0 aliphatic heterocycles. The lowest BCUT2D eigenvalue weighted by Gasteiger charge is -2.18. The maximum atomic E-state index is 12.7. The van der Waals surface area contributed by atoms with E-state index in [9.17, 15) is 9.59 Å². The van der Waals surface area contributed by atoms with Gasteiger partial charge in [-0.1, -0.05) is 186 Å².